The molecule has 1 aromatic rings. The van der Waals surface area contributed by atoms with Crippen LogP contribution in [0.2, 0.25) is 0 Å². The van der Waals surface area contributed by atoms with Crippen LogP contribution in [-0.2, 0) is 12.8 Å². The number of rotatable bonds is 5. The summed E-state index contributed by atoms with van der Waals surface area (Å²) in [5.41, 5.74) is 4.21. The van der Waals surface area contributed by atoms with Gasteiger partial charge in [0.1, 0.15) is 0 Å². The lowest BCUT2D eigenvalue weighted by molar-refractivity contribution is 1.06. The SMILES string of the molecule is C=C/C=C\Cc1cccc(CC2=CC=CC=CC2)c1. The highest BCUT2D eigenvalue weighted by atomic mass is 14.1. The Bertz CT molecular complexity index is 539. The number of benzene rings is 1. The third-order valence-electron chi connectivity index (χ3n) is 3.12. The van der Waals surface area contributed by atoms with E-state index in [1.54, 1.807) is 0 Å². The summed E-state index contributed by atoms with van der Waals surface area (Å²) < 4.78 is 0. The summed E-state index contributed by atoms with van der Waals surface area (Å²) in [4.78, 5) is 0. The van der Waals surface area contributed by atoms with Crippen LogP contribution in [-0.4, -0.2) is 0 Å². The van der Waals surface area contributed by atoms with Crippen molar-refractivity contribution in [1.29, 1.82) is 0 Å². The Kier molecular flexibility index (Phi) is 5.18. The Balaban J connectivity index is 2.04. The maximum Gasteiger partial charge on any atom is -0.00608 e. The normalized spacial score (nSPS) is 14.4. The molecule has 96 valence electrons. The molecule has 19 heavy (non-hydrogen) atoms. The molecule has 0 amide bonds. The topological polar surface area (TPSA) is 0 Å². The highest BCUT2D eigenvalue weighted by Gasteiger charge is 2.00. The van der Waals surface area contributed by atoms with Crippen molar-refractivity contribution in [3.05, 3.63) is 96.2 Å². The van der Waals surface area contributed by atoms with Crippen LogP contribution in [0.4, 0.5) is 0 Å². The minimum Gasteiger partial charge on any atom is -0.0991 e. The predicted octanol–water partition coefficient (Wildman–Crippen LogP) is 4.96. The van der Waals surface area contributed by atoms with Crippen LogP contribution < -0.4 is 0 Å². The maximum atomic E-state index is 3.69. The smallest absolute Gasteiger partial charge is 0.00608 e. The molecule has 0 unspecified atom stereocenters. The quantitative estimate of drug-likeness (QED) is 0.646. The van der Waals surface area contributed by atoms with Gasteiger partial charge in [0.25, 0.3) is 0 Å². The largest absolute Gasteiger partial charge is 0.0991 e. The van der Waals surface area contributed by atoms with E-state index in [2.05, 4.69) is 67.3 Å². The van der Waals surface area contributed by atoms with Crippen LogP contribution in [0.25, 0.3) is 0 Å². The Morgan fingerprint density at radius 1 is 1.11 bits per heavy atom. The van der Waals surface area contributed by atoms with Crippen molar-refractivity contribution >= 4 is 0 Å². The summed E-state index contributed by atoms with van der Waals surface area (Å²) in [5.74, 6) is 0. The molecule has 0 aliphatic heterocycles. The van der Waals surface area contributed by atoms with Gasteiger partial charge < -0.3 is 0 Å². The van der Waals surface area contributed by atoms with E-state index < -0.39 is 0 Å². The molecule has 0 bridgehead atoms. The summed E-state index contributed by atoms with van der Waals surface area (Å²) in [6, 6.07) is 8.83. The molecule has 0 spiro atoms. The Labute approximate surface area is 116 Å². The van der Waals surface area contributed by atoms with Crippen molar-refractivity contribution in [1.82, 2.24) is 0 Å². The van der Waals surface area contributed by atoms with E-state index >= 15 is 0 Å². The van der Waals surface area contributed by atoms with Crippen LogP contribution in [0.1, 0.15) is 17.5 Å². The van der Waals surface area contributed by atoms with E-state index in [0.29, 0.717) is 0 Å². The number of allylic oxidation sites excluding steroid dienone is 9. The Morgan fingerprint density at radius 3 is 2.89 bits per heavy atom. The fourth-order valence-corrected chi connectivity index (χ4v) is 2.18. The first-order chi connectivity index (χ1) is 9.38. The molecule has 0 aromatic heterocycles. The lowest BCUT2D eigenvalue weighted by atomic mass is 9.99. The molecule has 0 radical (unpaired) electrons. The molecule has 0 saturated carbocycles. The summed E-state index contributed by atoms with van der Waals surface area (Å²) in [7, 11) is 0. The van der Waals surface area contributed by atoms with Gasteiger partial charge in [0.2, 0.25) is 0 Å². The summed E-state index contributed by atoms with van der Waals surface area (Å²) >= 11 is 0. The lowest BCUT2D eigenvalue weighted by Gasteiger charge is -2.06. The van der Waals surface area contributed by atoms with E-state index in [1.165, 1.54) is 16.7 Å². The second kappa shape index (κ2) is 7.38. The fraction of sp³-hybridized carbons (Fsp3) is 0.158. The van der Waals surface area contributed by atoms with Gasteiger partial charge in [-0.05, 0) is 30.4 Å². The van der Waals surface area contributed by atoms with Crippen LogP contribution in [0.3, 0.4) is 0 Å². The Hall–Kier alpha value is -2.08. The molecular formula is C19H20. The van der Waals surface area contributed by atoms with Gasteiger partial charge in [-0.2, -0.15) is 0 Å². The van der Waals surface area contributed by atoms with Crippen LogP contribution in [0.5, 0.6) is 0 Å². The van der Waals surface area contributed by atoms with E-state index in [4.69, 9.17) is 0 Å². The predicted molar refractivity (Wildman–Crippen MR) is 84.2 cm³/mol. The second-order valence-electron chi connectivity index (χ2n) is 4.71. The Morgan fingerprint density at radius 2 is 2.00 bits per heavy atom. The second-order valence-corrected chi connectivity index (χ2v) is 4.71. The lowest BCUT2D eigenvalue weighted by Crippen LogP contribution is -1.91. The fourth-order valence-electron chi connectivity index (χ4n) is 2.18. The molecule has 0 fully saturated rings. The summed E-state index contributed by atoms with van der Waals surface area (Å²) in [5, 5.41) is 0. The van der Waals surface area contributed by atoms with Gasteiger partial charge in [-0.15, -0.1) is 0 Å². The minimum atomic E-state index is 0.971. The highest BCUT2D eigenvalue weighted by molar-refractivity contribution is 5.32. The summed E-state index contributed by atoms with van der Waals surface area (Å²) in [6.07, 6.45) is 19.8. The molecule has 0 heterocycles. The molecule has 1 aliphatic rings. The van der Waals surface area contributed by atoms with Crippen molar-refractivity contribution < 1.29 is 0 Å². The highest BCUT2D eigenvalue weighted by Crippen LogP contribution is 2.16. The number of hydrogen-bond donors (Lipinski definition) is 0. The van der Waals surface area contributed by atoms with Crippen molar-refractivity contribution in [3.8, 4) is 0 Å². The van der Waals surface area contributed by atoms with Gasteiger partial charge in [0, 0.05) is 0 Å². The standard InChI is InChI=1S/C19H20/c1-2-3-6-10-18-13-9-14-19(16-18)15-17-11-7-4-5-8-12-17/h2-9,11,13-14,16H,1,10,12,15H2/b6-3-. The molecule has 0 saturated heterocycles. The zero-order chi connectivity index (χ0) is 13.3. The molecule has 0 N–H and O–H groups in total. The zero-order valence-electron chi connectivity index (χ0n) is 11.3. The van der Waals surface area contributed by atoms with Gasteiger partial charge in [0.05, 0.1) is 0 Å². The third kappa shape index (κ3) is 4.59. The molecule has 0 nitrogen and oxygen atoms in total. The van der Waals surface area contributed by atoms with E-state index in [-0.39, 0.29) is 0 Å². The monoisotopic (exact) mass is 248 g/mol. The maximum absolute atomic E-state index is 3.69. The molecular weight excluding hydrogens is 228 g/mol. The summed E-state index contributed by atoms with van der Waals surface area (Å²) in [6.45, 7) is 3.69. The molecule has 1 aromatic carbocycles. The van der Waals surface area contributed by atoms with Crippen molar-refractivity contribution in [2.75, 3.05) is 0 Å². The molecule has 0 heteroatoms. The third-order valence-corrected chi connectivity index (χ3v) is 3.12. The van der Waals surface area contributed by atoms with Crippen molar-refractivity contribution in [2.24, 2.45) is 0 Å². The van der Waals surface area contributed by atoms with Crippen LogP contribution in [0, 0.1) is 0 Å². The van der Waals surface area contributed by atoms with Crippen molar-refractivity contribution in [3.63, 3.8) is 0 Å². The minimum absolute atomic E-state index is 0.971. The first-order valence-electron chi connectivity index (χ1n) is 6.75. The molecule has 0 atom stereocenters. The van der Waals surface area contributed by atoms with Gasteiger partial charge in [-0.25, -0.2) is 0 Å². The van der Waals surface area contributed by atoms with E-state index in [1.807, 2.05) is 12.2 Å². The van der Waals surface area contributed by atoms with Crippen molar-refractivity contribution in [2.45, 2.75) is 19.3 Å². The average molecular weight is 248 g/mol. The van der Waals surface area contributed by atoms with Gasteiger partial charge in [0.15, 0.2) is 0 Å². The average Bonchev–Trinajstić information content (AvgIpc) is 2.68. The molecule has 1 aliphatic carbocycles. The van der Waals surface area contributed by atoms with Crippen LogP contribution >= 0.6 is 0 Å². The number of hydrogen-bond acceptors (Lipinski definition) is 0. The van der Waals surface area contributed by atoms with Gasteiger partial charge in [-0.1, -0.05) is 85.0 Å². The zero-order valence-corrected chi connectivity index (χ0v) is 11.3. The van der Waals surface area contributed by atoms with Crippen LogP contribution in [0.15, 0.2) is 85.0 Å². The molecule has 2 rings (SSSR count). The van der Waals surface area contributed by atoms with Gasteiger partial charge >= 0.3 is 0 Å². The first kappa shape index (κ1) is 13.4. The first-order valence-corrected chi connectivity index (χ1v) is 6.75. The van der Waals surface area contributed by atoms with E-state index in [9.17, 15) is 0 Å². The van der Waals surface area contributed by atoms with Gasteiger partial charge in [-0.3, -0.25) is 0 Å². The van der Waals surface area contributed by atoms with E-state index in [0.717, 1.165) is 19.3 Å².